The maximum Gasteiger partial charge on any atom is 0.251 e. The Balaban J connectivity index is 1.33. The van der Waals surface area contributed by atoms with Crippen LogP contribution in [0.2, 0.25) is 0 Å². The second-order valence-electron chi connectivity index (χ2n) is 8.82. The van der Waals surface area contributed by atoms with E-state index in [0.29, 0.717) is 28.2 Å². The summed E-state index contributed by atoms with van der Waals surface area (Å²) in [6.45, 7) is 1.77. The number of carbonyl (C=O) groups excluding carboxylic acids is 1. The summed E-state index contributed by atoms with van der Waals surface area (Å²) in [4.78, 5) is 17.3. The molecule has 0 fully saturated rings. The number of aromatic nitrogens is 3. The number of halogens is 2. The Hall–Kier alpha value is -4.85. The highest BCUT2D eigenvalue weighted by Gasteiger charge is 2.14. The third kappa shape index (κ3) is 5.59. The van der Waals surface area contributed by atoms with E-state index in [9.17, 15) is 13.6 Å². The third-order valence-corrected chi connectivity index (χ3v) is 6.03. The molecule has 0 saturated heterocycles. The van der Waals surface area contributed by atoms with E-state index in [0.717, 1.165) is 28.6 Å². The fraction of sp³-hybridized carbons (Fsp3) is 0.100. The molecule has 5 rings (SSSR count). The van der Waals surface area contributed by atoms with Gasteiger partial charge in [-0.1, -0.05) is 24.3 Å². The van der Waals surface area contributed by atoms with Crippen LogP contribution in [0.3, 0.4) is 0 Å². The molecule has 3 aromatic carbocycles. The van der Waals surface area contributed by atoms with Crippen molar-refractivity contribution in [2.24, 2.45) is 7.05 Å². The molecule has 0 aliphatic heterocycles. The molecule has 6 nitrogen and oxygen atoms in total. The topological polar surface area (TPSA) is 69.0 Å². The van der Waals surface area contributed by atoms with Crippen molar-refractivity contribution in [1.29, 1.82) is 0 Å². The van der Waals surface area contributed by atoms with Gasteiger partial charge in [-0.05, 0) is 55.0 Å². The third-order valence-electron chi connectivity index (χ3n) is 6.03. The average Bonchev–Trinajstić information content (AvgIpc) is 3.34. The summed E-state index contributed by atoms with van der Waals surface area (Å²) >= 11 is 0. The SMILES string of the molecule is Cc1c(Oc2ccnc(-c3cccc(-c4ccn(C)n4)c3)c2)cccc1C(=O)NCc1cc(F)cc(F)c1. The van der Waals surface area contributed by atoms with Crippen LogP contribution in [0.1, 0.15) is 21.5 Å². The van der Waals surface area contributed by atoms with Gasteiger partial charge in [-0.3, -0.25) is 14.5 Å². The number of benzene rings is 3. The Kier molecular flexibility index (Phi) is 6.95. The van der Waals surface area contributed by atoms with Crippen LogP contribution in [0, 0.1) is 18.6 Å². The molecule has 2 aromatic heterocycles. The Morgan fingerprint density at radius 2 is 1.66 bits per heavy atom. The lowest BCUT2D eigenvalue weighted by atomic mass is 10.1. The summed E-state index contributed by atoms with van der Waals surface area (Å²) in [5.74, 6) is -0.690. The van der Waals surface area contributed by atoms with Crippen molar-refractivity contribution in [3.63, 3.8) is 0 Å². The van der Waals surface area contributed by atoms with Crippen molar-refractivity contribution in [3.8, 4) is 34.0 Å². The van der Waals surface area contributed by atoms with Gasteiger partial charge in [0.15, 0.2) is 0 Å². The van der Waals surface area contributed by atoms with Gasteiger partial charge in [-0.2, -0.15) is 5.10 Å². The second kappa shape index (κ2) is 10.6. The van der Waals surface area contributed by atoms with E-state index in [4.69, 9.17) is 4.74 Å². The maximum absolute atomic E-state index is 13.5. The Bertz CT molecular complexity index is 1610. The van der Waals surface area contributed by atoms with Crippen LogP contribution in [-0.2, 0) is 13.6 Å². The van der Waals surface area contributed by atoms with Crippen molar-refractivity contribution >= 4 is 5.91 Å². The standard InChI is InChI=1S/C30H24F2N4O2/c1-19-26(30(37)34-18-20-13-23(31)16-24(32)14-20)7-4-8-29(19)38-25-9-11-33-28(17-25)22-6-3-5-21(15-22)27-10-12-36(2)35-27/h3-17H,18H2,1-2H3,(H,34,37). The van der Waals surface area contributed by atoms with Crippen LogP contribution in [0.25, 0.3) is 22.5 Å². The molecule has 0 aliphatic rings. The summed E-state index contributed by atoms with van der Waals surface area (Å²) in [6.07, 6.45) is 3.56. The zero-order valence-electron chi connectivity index (χ0n) is 20.8. The number of hydrogen-bond donors (Lipinski definition) is 1. The van der Waals surface area contributed by atoms with Crippen LogP contribution in [-0.4, -0.2) is 20.7 Å². The average molecular weight is 511 g/mol. The molecule has 0 radical (unpaired) electrons. The van der Waals surface area contributed by atoms with Crippen LogP contribution in [0.15, 0.2) is 91.3 Å². The number of hydrogen-bond acceptors (Lipinski definition) is 4. The van der Waals surface area contributed by atoms with Gasteiger partial charge in [0.25, 0.3) is 5.91 Å². The largest absolute Gasteiger partial charge is 0.457 e. The summed E-state index contributed by atoms with van der Waals surface area (Å²) in [5.41, 5.74) is 4.85. The number of nitrogens with zero attached hydrogens (tertiary/aromatic N) is 3. The molecule has 5 aromatic rings. The fourth-order valence-corrected chi connectivity index (χ4v) is 4.13. The van der Waals surface area contributed by atoms with E-state index in [1.807, 2.05) is 49.6 Å². The van der Waals surface area contributed by atoms with Crippen LogP contribution in [0.4, 0.5) is 8.78 Å². The smallest absolute Gasteiger partial charge is 0.251 e. The molecule has 38 heavy (non-hydrogen) atoms. The number of ether oxygens (including phenoxy) is 1. The second-order valence-corrected chi connectivity index (χ2v) is 8.82. The lowest BCUT2D eigenvalue weighted by molar-refractivity contribution is 0.0949. The molecule has 1 N–H and O–H groups in total. The summed E-state index contributed by atoms with van der Waals surface area (Å²) in [7, 11) is 1.88. The molecule has 0 atom stereocenters. The lowest BCUT2D eigenvalue weighted by Gasteiger charge is -2.13. The van der Waals surface area contributed by atoms with Gasteiger partial charge in [0.2, 0.25) is 0 Å². The van der Waals surface area contributed by atoms with Gasteiger partial charge in [0.05, 0.1) is 11.4 Å². The molecule has 1 amide bonds. The number of carbonyl (C=O) groups is 1. The maximum atomic E-state index is 13.5. The number of aryl methyl sites for hydroxylation is 1. The van der Waals surface area contributed by atoms with Gasteiger partial charge in [0, 0.05) is 60.4 Å². The minimum atomic E-state index is -0.694. The van der Waals surface area contributed by atoms with E-state index in [2.05, 4.69) is 15.4 Å². The Morgan fingerprint density at radius 3 is 2.39 bits per heavy atom. The lowest BCUT2D eigenvalue weighted by Crippen LogP contribution is -2.23. The fourth-order valence-electron chi connectivity index (χ4n) is 4.13. The molecule has 0 aliphatic carbocycles. The van der Waals surface area contributed by atoms with E-state index in [1.165, 1.54) is 12.1 Å². The van der Waals surface area contributed by atoms with Crippen LogP contribution >= 0.6 is 0 Å². The van der Waals surface area contributed by atoms with Crippen molar-refractivity contribution < 1.29 is 18.3 Å². The monoisotopic (exact) mass is 510 g/mol. The Labute approximate surface area is 218 Å². The summed E-state index contributed by atoms with van der Waals surface area (Å²) in [5, 5.41) is 7.17. The molecular formula is C30H24F2N4O2. The predicted octanol–water partition coefficient (Wildman–Crippen LogP) is 6.46. The highest BCUT2D eigenvalue weighted by Crippen LogP contribution is 2.30. The molecule has 190 valence electrons. The van der Waals surface area contributed by atoms with Gasteiger partial charge < -0.3 is 10.1 Å². The first kappa shape index (κ1) is 24.8. The zero-order valence-corrected chi connectivity index (χ0v) is 20.8. The number of nitrogens with one attached hydrogen (secondary N) is 1. The minimum absolute atomic E-state index is 0.0106. The number of pyridine rings is 1. The highest BCUT2D eigenvalue weighted by molar-refractivity contribution is 5.96. The van der Waals surface area contributed by atoms with Crippen molar-refractivity contribution in [3.05, 3.63) is 120 Å². The van der Waals surface area contributed by atoms with E-state index in [1.54, 1.807) is 42.1 Å². The quantitative estimate of drug-likeness (QED) is 0.273. The first-order valence-corrected chi connectivity index (χ1v) is 11.9. The van der Waals surface area contributed by atoms with Crippen LogP contribution in [0.5, 0.6) is 11.5 Å². The van der Waals surface area contributed by atoms with E-state index >= 15 is 0 Å². The molecule has 0 bridgehead atoms. The summed E-state index contributed by atoms with van der Waals surface area (Å²) < 4.78 is 34.8. The molecule has 0 unspecified atom stereocenters. The van der Waals surface area contributed by atoms with Crippen molar-refractivity contribution in [2.45, 2.75) is 13.5 Å². The molecule has 2 heterocycles. The predicted molar refractivity (Wildman–Crippen MR) is 141 cm³/mol. The number of rotatable bonds is 7. The minimum Gasteiger partial charge on any atom is -0.457 e. The van der Waals surface area contributed by atoms with E-state index in [-0.39, 0.29) is 12.5 Å². The normalized spacial score (nSPS) is 10.8. The molecule has 0 spiro atoms. The molecule has 8 heteroatoms. The van der Waals surface area contributed by atoms with Gasteiger partial charge in [-0.15, -0.1) is 0 Å². The van der Waals surface area contributed by atoms with Crippen LogP contribution < -0.4 is 10.1 Å². The zero-order chi connectivity index (χ0) is 26.6. The van der Waals surface area contributed by atoms with Crippen molar-refractivity contribution in [1.82, 2.24) is 20.1 Å². The van der Waals surface area contributed by atoms with E-state index < -0.39 is 11.6 Å². The first-order chi connectivity index (χ1) is 18.4. The first-order valence-electron chi connectivity index (χ1n) is 11.9. The van der Waals surface area contributed by atoms with Gasteiger partial charge in [-0.25, -0.2) is 8.78 Å². The Morgan fingerprint density at radius 1 is 0.921 bits per heavy atom. The van der Waals surface area contributed by atoms with Gasteiger partial charge in [0.1, 0.15) is 23.1 Å². The van der Waals surface area contributed by atoms with Crippen molar-refractivity contribution in [2.75, 3.05) is 0 Å². The van der Waals surface area contributed by atoms with Gasteiger partial charge >= 0.3 is 0 Å². The molecular weight excluding hydrogens is 486 g/mol. The number of amides is 1. The highest BCUT2D eigenvalue weighted by atomic mass is 19.1. The molecule has 0 saturated carbocycles. The summed E-state index contributed by atoms with van der Waals surface area (Å²) in [6, 6.07) is 21.8.